The van der Waals surface area contributed by atoms with Crippen LogP contribution in [0.3, 0.4) is 0 Å². The van der Waals surface area contributed by atoms with Crippen LogP contribution in [0.5, 0.6) is 11.5 Å². The highest BCUT2D eigenvalue weighted by Gasteiger charge is 2.17. The molecule has 0 amide bonds. The lowest BCUT2D eigenvalue weighted by Crippen LogP contribution is -2.22. The average Bonchev–Trinajstić information content (AvgIpc) is 2.80. The predicted octanol–water partition coefficient (Wildman–Crippen LogP) is 5.31. The molecule has 0 aliphatic carbocycles. The molecule has 0 spiro atoms. The van der Waals surface area contributed by atoms with E-state index in [4.69, 9.17) is 9.47 Å². The summed E-state index contributed by atoms with van der Waals surface area (Å²) in [6.07, 6.45) is 2.47. The van der Waals surface area contributed by atoms with Gasteiger partial charge in [-0.05, 0) is 55.8 Å². The first-order chi connectivity index (χ1) is 15.1. The first-order valence-corrected chi connectivity index (χ1v) is 10.2. The minimum absolute atomic E-state index is 0.187. The number of aryl methyl sites for hydroxylation is 1. The third-order valence-corrected chi connectivity index (χ3v) is 4.96. The highest BCUT2D eigenvalue weighted by Crippen LogP contribution is 2.22. The van der Waals surface area contributed by atoms with Gasteiger partial charge in [-0.25, -0.2) is 4.79 Å². The maximum atomic E-state index is 13.1. The molecule has 0 aliphatic rings. The van der Waals surface area contributed by atoms with Crippen molar-refractivity contribution in [2.45, 2.75) is 20.3 Å². The van der Waals surface area contributed by atoms with Gasteiger partial charge >= 0.3 is 5.97 Å². The fourth-order valence-electron chi connectivity index (χ4n) is 3.34. The van der Waals surface area contributed by atoms with E-state index in [1.165, 1.54) is 4.57 Å². The van der Waals surface area contributed by atoms with Crippen LogP contribution in [0.2, 0.25) is 0 Å². The van der Waals surface area contributed by atoms with Crippen LogP contribution in [0.4, 0.5) is 0 Å². The van der Waals surface area contributed by atoms with Gasteiger partial charge in [0.1, 0.15) is 11.5 Å². The molecule has 0 radical (unpaired) electrons. The summed E-state index contributed by atoms with van der Waals surface area (Å²) in [7, 11) is 0. The summed E-state index contributed by atoms with van der Waals surface area (Å²) in [5, 5.41) is 1.02. The molecule has 3 aromatic carbocycles. The largest absolute Gasteiger partial charge is 0.494 e. The van der Waals surface area contributed by atoms with Crippen LogP contribution in [-0.4, -0.2) is 17.1 Å². The smallest absolute Gasteiger partial charge is 0.345 e. The summed E-state index contributed by atoms with van der Waals surface area (Å²) in [4.78, 5) is 26.1. The molecule has 31 heavy (non-hydrogen) atoms. The second-order valence-corrected chi connectivity index (χ2v) is 7.31. The first kappa shape index (κ1) is 20.4. The fraction of sp³-hybridized carbons (Fsp3) is 0.154. The highest BCUT2D eigenvalue weighted by atomic mass is 16.5. The van der Waals surface area contributed by atoms with Gasteiger partial charge in [0.25, 0.3) is 5.56 Å². The van der Waals surface area contributed by atoms with Crippen molar-refractivity contribution in [2.75, 3.05) is 6.61 Å². The molecule has 0 fully saturated rings. The Morgan fingerprint density at radius 2 is 1.52 bits per heavy atom. The predicted molar refractivity (Wildman–Crippen MR) is 121 cm³/mol. The Kier molecular flexibility index (Phi) is 5.85. The van der Waals surface area contributed by atoms with E-state index < -0.39 is 5.97 Å². The molecule has 4 rings (SSSR count). The third kappa shape index (κ3) is 4.36. The van der Waals surface area contributed by atoms with Gasteiger partial charge < -0.3 is 9.47 Å². The Balaban J connectivity index is 1.72. The maximum Gasteiger partial charge on any atom is 0.345 e. The van der Waals surface area contributed by atoms with Gasteiger partial charge in [0.2, 0.25) is 0 Å². The zero-order chi connectivity index (χ0) is 21.8. The Hall–Kier alpha value is -3.86. The molecule has 0 N–H and O–H groups in total. The minimum Gasteiger partial charge on any atom is -0.494 e. The number of hydrogen-bond acceptors (Lipinski definition) is 4. The quantitative estimate of drug-likeness (QED) is 0.318. The summed E-state index contributed by atoms with van der Waals surface area (Å²) in [6, 6.07) is 21.6. The van der Waals surface area contributed by atoms with E-state index in [9.17, 15) is 9.59 Å². The van der Waals surface area contributed by atoms with Crippen molar-refractivity contribution in [1.29, 1.82) is 0 Å². The number of carbonyl (C=O) groups excluding carboxylic acids is 1. The fourth-order valence-corrected chi connectivity index (χ4v) is 3.34. The minimum atomic E-state index is -0.528. The van der Waals surface area contributed by atoms with E-state index in [1.807, 2.05) is 38.1 Å². The van der Waals surface area contributed by atoms with Crippen molar-refractivity contribution in [2.24, 2.45) is 0 Å². The monoisotopic (exact) mass is 413 g/mol. The van der Waals surface area contributed by atoms with Crippen LogP contribution < -0.4 is 15.0 Å². The van der Waals surface area contributed by atoms with Crippen LogP contribution in [0, 0.1) is 6.92 Å². The van der Waals surface area contributed by atoms with Gasteiger partial charge in [-0.1, -0.05) is 42.8 Å². The molecule has 1 aromatic heterocycles. The molecular formula is C26H23NO4. The van der Waals surface area contributed by atoms with Crippen molar-refractivity contribution < 1.29 is 14.3 Å². The third-order valence-electron chi connectivity index (χ3n) is 4.96. The van der Waals surface area contributed by atoms with Gasteiger partial charge in [0, 0.05) is 22.7 Å². The summed E-state index contributed by atoms with van der Waals surface area (Å²) in [6.45, 7) is 4.65. The lowest BCUT2D eigenvalue weighted by atomic mass is 10.1. The van der Waals surface area contributed by atoms with E-state index in [-0.39, 0.29) is 5.56 Å². The maximum absolute atomic E-state index is 13.1. The van der Waals surface area contributed by atoms with Gasteiger partial charge in [-0.3, -0.25) is 9.36 Å². The standard InChI is InChI=1S/C26H23NO4/c1-3-16-30-20-12-14-21(15-13-20)31-26(29)24-17-27(19-10-8-18(2)9-11-19)25(28)23-7-5-4-6-22(23)24/h4-15,17H,3,16H2,1-2H3. The average molecular weight is 413 g/mol. The number of esters is 1. The lowest BCUT2D eigenvalue weighted by molar-refractivity contribution is 0.0736. The molecule has 0 saturated carbocycles. The van der Waals surface area contributed by atoms with E-state index in [2.05, 4.69) is 0 Å². The second kappa shape index (κ2) is 8.88. The number of aromatic nitrogens is 1. The lowest BCUT2D eigenvalue weighted by Gasteiger charge is -2.13. The van der Waals surface area contributed by atoms with E-state index in [1.54, 1.807) is 54.7 Å². The summed E-state index contributed by atoms with van der Waals surface area (Å²) >= 11 is 0. The Labute approximate surface area is 180 Å². The SMILES string of the molecule is CCCOc1ccc(OC(=O)c2cn(-c3ccc(C)cc3)c(=O)c3ccccc23)cc1. The molecule has 1 heterocycles. The molecule has 5 nitrogen and oxygen atoms in total. The van der Waals surface area contributed by atoms with E-state index >= 15 is 0 Å². The number of rotatable bonds is 6. The van der Waals surface area contributed by atoms with Gasteiger partial charge in [-0.2, -0.15) is 0 Å². The molecule has 156 valence electrons. The first-order valence-electron chi connectivity index (χ1n) is 10.2. The number of ether oxygens (including phenoxy) is 2. The van der Waals surface area contributed by atoms with Crippen LogP contribution in [0.25, 0.3) is 16.5 Å². The summed E-state index contributed by atoms with van der Waals surface area (Å²) in [5.41, 5.74) is 1.91. The molecule has 0 atom stereocenters. The number of nitrogens with zero attached hydrogens (tertiary/aromatic N) is 1. The molecule has 0 unspecified atom stereocenters. The van der Waals surface area contributed by atoms with E-state index in [0.717, 1.165) is 17.7 Å². The van der Waals surface area contributed by atoms with Crippen LogP contribution in [-0.2, 0) is 0 Å². The van der Waals surface area contributed by atoms with E-state index in [0.29, 0.717) is 34.4 Å². The molecule has 5 heteroatoms. The van der Waals surface area contributed by atoms with Crippen LogP contribution in [0.15, 0.2) is 83.8 Å². The number of benzene rings is 3. The zero-order valence-corrected chi connectivity index (χ0v) is 17.5. The number of hydrogen-bond donors (Lipinski definition) is 0. The summed E-state index contributed by atoms with van der Waals surface area (Å²) < 4.78 is 12.7. The topological polar surface area (TPSA) is 57.5 Å². The summed E-state index contributed by atoms with van der Waals surface area (Å²) in [5.74, 6) is 0.602. The van der Waals surface area contributed by atoms with Crippen molar-refractivity contribution >= 4 is 16.7 Å². The molecule has 0 saturated heterocycles. The van der Waals surface area contributed by atoms with Gasteiger partial charge in [0.05, 0.1) is 12.2 Å². The molecule has 0 aliphatic heterocycles. The van der Waals surface area contributed by atoms with Crippen molar-refractivity contribution in [3.63, 3.8) is 0 Å². The Morgan fingerprint density at radius 3 is 2.19 bits per heavy atom. The van der Waals surface area contributed by atoms with Crippen molar-refractivity contribution in [1.82, 2.24) is 4.57 Å². The van der Waals surface area contributed by atoms with Gasteiger partial charge in [-0.15, -0.1) is 0 Å². The normalized spacial score (nSPS) is 10.8. The zero-order valence-electron chi connectivity index (χ0n) is 17.5. The Morgan fingerprint density at radius 1 is 0.871 bits per heavy atom. The van der Waals surface area contributed by atoms with Gasteiger partial charge in [0.15, 0.2) is 0 Å². The molecular weight excluding hydrogens is 390 g/mol. The number of carbonyl (C=O) groups is 1. The molecule has 0 bridgehead atoms. The highest BCUT2D eigenvalue weighted by molar-refractivity contribution is 6.04. The van der Waals surface area contributed by atoms with Crippen molar-refractivity contribution in [3.05, 3.63) is 100 Å². The number of pyridine rings is 1. The number of fused-ring (bicyclic) bond motifs is 1. The second-order valence-electron chi connectivity index (χ2n) is 7.31. The van der Waals surface area contributed by atoms with Crippen LogP contribution in [0.1, 0.15) is 29.3 Å². The van der Waals surface area contributed by atoms with Crippen molar-refractivity contribution in [3.8, 4) is 17.2 Å². The van der Waals surface area contributed by atoms with Crippen LogP contribution >= 0.6 is 0 Å². The molecule has 4 aromatic rings. The Bertz CT molecular complexity index is 1270.